The standard InChI is InChI=1S/C20H16BrNO4/c1-25-16-7-5-13(6-8-16)12-26-18-10-22-17(11-23)19(20(18)24)14-3-2-4-15(21)9-14/h2-11H,12H2,1H3,(H,22,24). The molecule has 0 amide bonds. The zero-order chi connectivity index (χ0) is 18.5. The van der Waals surface area contributed by atoms with E-state index in [4.69, 9.17) is 9.47 Å². The van der Waals surface area contributed by atoms with E-state index in [1.54, 1.807) is 25.3 Å². The first kappa shape index (κ1) is 17.9. The van der Waals surface area contributed by atoms with Gasteiger partial charge in [-0.2, -0.15) is 0 Å². The largest absolute Gasteiger partial charge is 0.497 e. The number of carbonyl (C=O) groups is 1. The van der Waals surface area contributed by atoms with Crippen molar-refractivity contribution >= 4 is 22.2 Å². The third-order valence-electron chi connectivity index (χ3n) is 3.86. The van der Waals surface area contributed by atoms with Gasteiger partial charge >= 0.3 is 0 Å². The van der Waals surface area contributed by atoms with E-state index in [1.165, 1.54) is 6.20 Å². The van der Waals surface area contributed by atoms with Gasteiger partial charge in [0.2, 0.25) is 5.43 Å². The summed E-state index contributed by atoms with van der Waals surface area (Å²) < 4.78 is 11.6. The molecule has 0 atom stereocenters. The molecule has 1 aromatic heterocycles. The van der Waals surface area contributed by atoms with Gasteiger partial charge in [0.05, 0.1) is 18.4 Å². The first-order chi connectivity index (χ1) is 12.6. The molecule has 0 bridgehead atoms. The molecular formula is C20H16BrNO4. The van der Waals surface area contributed by atoms with Crippen LogP contribution in [0.2, 0.25) is 0 Å². The molecule has 132 valence electrons. The van der Waals surface area contributed by atoms with Crippen LogP contribution in [0.25, 0.3) is 11.1 Å². The van der Waals surface area contributed by atoms with Crippen molar-refractivity contribution < 1.29 is 14.3 Å². The lowest BCUT2D eigenvalue weighted by Crippen LogP contribution is -2.14. The second-order valence-electron chi connectivity index (χ2n) is 5.54. The predicted molar refractivity (Wildman–Crippen MR) is 103 cm³/mol. The van der Waals surface area contributed by atoms with Crippen LogP contribution < -0.4 is 14.9 Å². The number of halogens is 1. The minimum Gasteiger partial charge on any atom is -0.497 e. The maximum absolute atomic E-state index is 12.8. The molecule has 0 saturated heterocycles. The number of aromatic amines is 1. The number of rotatable bonds is 6. The second kappa shape index (κ2) is 8.01. The minimum absolute atomic E-state index is 0.154. The van der Waals surface area contributed by atoms with Gasteiger partial charge in [-0.3, -0.25) is 9.59 Å². The molecule has 1 heterocycles. The Hall–Kier alpha value is -2.86. The van der Waals surface area contributed by atoms with Crippen molar-refractivity contribution in [2.75, 3.05) is 7.11 Å². The van der Waals surface area contributed by atoms with E-state index in [9.17, 15) is 9.59 Å². The highest BCUT2D eigenvalue weighted by Crippen LogP contribution is 2.24. The fourth-order valence-electron chi connectivity index (χ4n) is 2.54. The lowest BCUT2D eigenvalue weighted by Gasteiger charge is -2.10. The van der Waals surface area contributed by atoms with E-state index in [-0.39, 0.29) is 29.0 Å². The van der Waals surface area contributed by atoms with E-state index in [2.05, 4.69) is 20.9 Å². The smallest absolute Gasteiger partial charge is 0.231 e. The molecule has 6 heteroatoms. The van der Waals surface area contributed by atoms with Gasteiger partial charge < -0.3 is 14.5 Å². The molecule has 3 aromatic rings. The van der Waals surface area contributed by atoms with Gasteiger partial charge in [-0.25, -0.2) is 0 Å². The molecule has 3 rings (SSSR count). The van der Waals surface area contributed by atoms with Gasteiger partial charge in [0.1, 0.15) is 12.4 Å². The Morgan fingerprint density at radius 2 is 1.92 bits per heavy atom. The number of pyridine rings is 1. The van der Waals surface area contributed by atoms with Crippen LogP contribution in [0.3, 0.4) is 0 Å². The quantitative estimate of drug-likeness (QED) is 0.614. The summed E-state index contributed by atoms with van der Waals surface area (Å²) in [7, 11) is 1.60. The summed E-state index contributed by atoms with van der Waals surface area (Å²) in [4.78, 5) is 27.0. The van der Waals surface area contributed by atoms with E-state index in [1.807, 2.05) is 30.3 Å². The normalized spacial score (nSPS) is 10.4. The average molecular weight is 414 g/mol. The van der Waals surface area contributed by atoms with Crippen LogP contribution in [0.15, 0.2) is 64.0 Å². The highest BCUT2D eigenvalue weighted by Gasteiger charge is 2.15. The van der Waals surface area contributed by atoms with Gasteiger partial charge in [-0.05, 0) is 35.4 Å². The van der Waals surface area contributed by atoms with Crippen molar-refractivity contribution in [2.45, 2.75) is 6.61 Å². The van der Waals surface area contributed by atoms with Crippen LogP contribution in [0, 0.1) is 0 Å². The molecule has 0 saturated carbocycles. The first-order valence-electron chi connectivity index (χ1n) is 7.85. The summed E-state index contributed by atoms with van der Waals surface area (Å²) in [5.74, 6) is 0.903. The van der Waals surface area contributed by atoms with Gasteiger partial charge in [0, 0.05) is 10.7 Å². The molecule has 0 spiro atoms. The Morgan fingerprint density at radius 1 is 1.15 bits per heavy atom. The van der Waals surface area contributed by atoms with Crippen molar-refractivity contribution in [1.29, 1.82) is 0 Å². The average Bonchev–Trinajstić information content (AvgIpc) is 2.67. The Balaban J connectivity index is 1.92. The van der Waals surface area contributed by atoms with Crippen LogP contribution >= 0.6 is 15.9 Å². The van der Waals surface area contributed by atoms with Gasteiger partial charge in [-0.15, -0.1) is 0 Å². The lowest BCUT2D eigenvalue weighted by atomic mass is 10.0. The van der Waals surface area contributed by atoms with Crippen molar-refractivity contribution in [1.82, 2.24) is 4.98 Å². The summed E-state index contributed by atoms with van der Waals surface area (Å²) >= 11 is 3.38. The van der Waals surface area contributed by atoms with Crippen LogP contribution in [-0.4, -0.2) is 18.4 Å². The highest BCUT2D eigenvalue weighted by atomic mass is 79.9. The van der Waals surface area contributed by atoms with Gasteiger partial charge in [0.15, 0.2) is 12.0 Å². The molecule has 0 aliphatic heterocycles. The van der Waals surface area contributed by atoms with Crippen LogP contribution in [0.1, 0.15) is 16.1 Å². The van der Waals surface area contributed by atoms with E-state index >= 15 is 0 Å². The van der Waals surface area contributed by atoms with E-state index < -0.39 is 0 Å². The molecular weight excluding hydrogens is 398 g/mol. The zero-order valence-corrected chi connectivity index (χ0v) is 15.6. The Kier molecular flexibility index (Phi) is 5.53. The molecule has 2 aromatic carbocycles. The Morgan fingerprint density at radius 3 is 2.58 bits per heavy atom. The zero-order valence-electron chi connectivity index (χ0n) is 14.0. The summed E-state index contributed by atoms with van der Waals surface area (Å²) in [5.41, 5.74) is 1.70. The molecule has 0 aliphatic carbocycles. The number of methoxy groups -OCH3 is 1. The number of carbonyl (C=O) groups excluding carboxylic acids is 1. The Labute approximate surface area is 158 Å². The van der Waals surface area contributed by atoms with Gasteiger partial charge in [-0.1, -0.05) is 40.2 Å². The van der Waals surface area contributed by atoms with E-state index in [0.717, 1.165) is 15.8 Å². The van der Waals surface area contributed by atoms with E-state index in [0.29, 0.717) is 11.8 Å². The molecule has 0 aliphatic rings. The van der Waals surface area contributed by atoms with Crippen molar-refractivity contribution in [3.63, 3.8) is 0 Å². The third-order valence-corrected chi connectivity index (χ3v) is 4.36. The summed E-state index contributed by atoms with van der Waals surface area (Å²) in [5, 5.41) is 0. The Bertz CT molecular complexity index is 980. The predicted octanol–water partition coefficient (Wildman–Crippen LogP) is 4.20. The summed E-state index contributed by atoms with van der Waals surface area (Å²) in [6.07, 6.45) is 2.04. The number of hydrogen-bond acceptors (Lipinski definition) is 4. The fraction of sp³-hybridized carbons (Fsp3) is 0.100. The van der Waals surface area contributed by atoms with Crippen LogP contribution in [0.4, 0.5) is 0 Å². The molecule has 0 unspecified atom stereocenters. The minimum atomic E-state index is -0.336. The van der Waals surface area contributed by atoms with Crippen LogP contribution in [0.5, 0.6) is 11.5 Å². The van der Waals surface area contributed by atoms with Crippen molar-refractivity contribution in [3.8, 4) is 22.6 Å². The molecule has 0 radical (unpaired) electrons. The molecule has 0 fully saturated rings. The van der Waals surface area contributed by atoms with Crippen molar-refractivity contribution in [2.24, 2.45) is 0 Å². The maximum atomic E-state index is 12.8. The number of aldehydes is 1. The monoisotopic (exact) mass is 413 g/mol. The summed E-state index contributed by atoms with van der Waals surface area (Å²) in [6.45, 7) is 0.228. The third kappa shape index (κ3) is 3.86. The van der Waals surface area contributed by atoms with Crippen molar-refractivity contribution in [3.05, 3.63) is 80.7 Å². The van der Waals surface area contributed by atoms with Gasteiger partial charge in [0.25, 0.3) is 0 Å². The molecule has 5 nitrogen and oxygen atoms in total. The highest BCUT2D eigenvalue weighted by molar-refractivity contribution is 9.10. The number of aromatic nitrogens is 1. The lowest BCUT2D eigenvalue weighted by molar-refractivity contribution is 0.111. The number of ether oxygens (including phenoxy) is 2. The molecule has 1 N–H and O–H groups in total. The summed E-state index contributed by atoms with van der Waals surface area (Å²) in [6, 6.07) is 14.6. The molecule has 26 heavy (non-hydrogen) atoms. The number of benzene rings is 2. The SMILES string of the molecule is COc1ccc(COc2c[nH]c(C=O)c(-c3cccc(Br)c3)c2=O)cc1. The number of H-pyrrole nitrogens is 1. The fourth-order valence-corrected chi connectivity index (χ4v) is 2.94. The topological polar surface area (TPSA) is 68.4 Å². The second-order valence-corrected chi connectivity index (χ2v) is 6.45. The number of nitrogens with one attached hydrogen (secondary N) is 1. The number of hydrogen-bond donors (Lipinski definition) is 1. The van der Waals surface area contributed by atoms with Crippen LogP contribution in [-0.2, 0) is 6.61 Å². The first-order valence-corrected chi connectivity index (χ1v) is 8.64. The maximum Gasteiger partial charge on any atom is 0.231 e.